The fourth-order valence-electron chi connectivity index (χ4n) is 5.88. The molecule has 1 fully saturated rings. The van der Waals surface area contributed by atoms with Gasteiger partial charge >= 0.3 is 6.18 Å². The van der Waals surface area contributed by atoms with Crippen LogP contribution in [0.25, 0.3) is 0 Å². The van der Waals surface area contributed by atoms with Gasteiger partial charge in [-0.3, -0.25) is 14.4 Å². The van der Waals surface area contributed by atoms with Crippen molar-refractivity contribution in [2.75, 3.05) is 38.7 Å². The van der Waals surface area contributed by atoms with Gasteiger partial charge in [-0.25, -0.2) is 0 Å². The van der Waals surface area contributed by atoms with Gasteiger partial charge in [0.1, 0.15) is 5.75 Å². The standard InChI is InChI=1S/C33H50F3N3O6/c1-22-19-39(23(2)21-40)32(43)27-18-26(37-31(42)25-11-6-5-7-12-25)13-14-28(27)45-24(3)10-8-9-17-44-29(22)20-38(4)30(41)15-16-33(34,35)36/h13-14,18,22-25,29,40H,5-12,15-17,19-21H2,1-4H3,(H,37,42)/t22-,23-,24+,29+/m0/s1. The Labute approximate surface area is 264 Å². The summed E-state index contributed by atoms with van der Waals surface area (Å²) >= 11 is 0. The lowest BCUT2D eigenvalue weighted by Crippen LogP contribution is -2.48. The number of anilines is 1. The monoisotopic (exact) mass is 641 g/mol. The van der Waals surface area contributed by atoms with Crippen LogP contribution in [0, 0.1) is 11.8 Å². The van der Waals surface area contributed by atoms with Crippen molar-refractivity contribution in [3.8, 4) is 5.75 Å². The maximum Gasteiger partial charge on any atom is 0.389 e. The van der Waals surface area contributed by atoms with Crippen LogP contribution in [0.3, 0.4) is 0 Å². The van der Waals surface area contributed by atoms with Gasteiger partial charge in [0.2, 0.25) is 11.8 Å². The second kappa shape index (κ2) is 17.2. The third-order valence-corrected chi connectivity index (χ3v) is 8.80. The predicted molar refractivity (Wildman–Crippen MR) is 165 cm³/mol. The Bertz CT molecular complexity index is 1130. The largest absolute Gasteiger partial charge is 0.490 e. The Morgan fingerprint density at radius 1 is 1.11 bits per heavy atom. The molecule has 2 aliphatic rings. The zero-order valence-corrected chi connectivity index (χ0v) is 27.0. The fraction of sp³-hybridized carbons (Fsp3) is 0.727. The molecule has 1 heterocycles. The Kier molecular flexibility index (Phi) is 14.0. The molecule has 1 aromatic rings. The summed E-state index contributed by atoms with van der Waals surface area (Å²) in [6.07, 6.45) is -0.0793. The first-order chi connectivity index (χ1) is 21.3. The van der Waals surface area contributed by atoms with Crippen molar-refractivity contribution in [1.82, 2.24) is 9.80 Å². The van der Waals surface area contributed by atoms with Gasteiger partial charge in [-0.2, -0.15) is 13.2 Å². The maximum absolute atomic E-state index is 14.2. The van der Waals surface area contributed by atoms with Gasteiger partial charge in [-0.05, 0) is 64.2 Å². The van der Waals surface area contributed by atoms with Crippen LogP contribution in [0.5, 0.6) is 5.75 Å². The van der Waals surface area contributed by atoms with Crippen LogP contribution >= 0.6 is 0 Å². The molecule has 0 bridgehead atoms. The van der Waals surface area contributed by atoms with Crippen molar-refractivity contribution in [2.45, 2.75) is 109 Å². The summed E-state index contributed by atoms with van der Waals surface area (Å²) in [4.78, 5) is 42.5. The summed E-state index contributed by atoms with van der Waals surface area (Å²) in [7, 11) is 1.46. The molecule has 9 nitrogen and oxygen atoms in total. The minimum atomic E-state index is -4.43. The molecule has 12 heteroatoms. The van der Waals surface area contributed by atoms with E-state index >= 15 is 0 Å². The molecule has 1 aliphatic heterocycles. The summed E-state index contributed by atoms with van der Waals surface area (Å²) in [5, 5.41) is 13.1. The number of hydrogen-bond acceptors (Lipinski definition) is 6. The highest BCUT2D eigenvalue weighted by atomic mass is 19.4. The minimum absolute atomic E-state index is 0.0564. The van der Waals surface area contributed by atoms with E-state index in [9.17, 15) is 32.7 Å². The molecule has 0 unspecified atom stereocenters. The van der Waals surface area contributed by atoms with Gasteiger partial charge in [-0.15, -0.1) is 0 Å². The molecule has 2 N–H and O–H groups in total. The summed E-state index contributed by atoms with van der Waals surface area (Å²) in [6.45, 7) is 5.75. The van der Waals surface area contributed by atoms with Gasteiger partial charge in [0.25, 0.3) is 5.91 Å². The van der Waals surface area contributed by atoms with E-state index in [4.69, 9.17) is 9.47 Å². The number of fused-ring (bicyclic) bond motifs is 1. The molecule has 45 heavy (non-hydrogen) atoms. The van der Waals surface area contributed by atoms with Crippen molar-refractivity contribution >= 4 is 23.4 Å². The average molecular weight is 642 g/mol. The second-order valence-corrected chi connectivity index (χ2v) is 12.7. The molecule has 1 aliphatic carbocycles. The molecule has 254 valence electrons. The van der Waals surface area contributed by atoms with E-state index < -0.39 is 43.0 Å². The van der Waals surface area contributed by atoms with Crippen LogP contribution in [0.4, 0.5) is 18.9 Å². The van der Waals surface area contributed by atoms with E-state index in [2.05, 4.69) is 5.32 Å². The molecule has 1 saturated carbocycles. The van der Waals surface area contributed by atoms with Crippen LogP contribution in [0.15, 0.2) is 18.2 Å². The normalized spacial score (nSPS) is 23.3. The van der Waals surface area contributed by atoms with E-state index in [0.29, 0.717) is 30.9 Å². The number of aliphatic hydroxyl groups is 1. The van der Waals surface area contributed by atoms with E-state index in [-0.39, 0.29) is 49.1 Å². The Morgan fingerprint density at radius 3 is 2.47 bits per heavy atom. The lowest BCUT2D eigenvalue weighted by molar-refractivity contribution is -0.149. The molecule has 0 aromatic heterocycles. The Hall–Kier alpha value is -2.86. The first-order valence-electron chi connectivity index (χ1n) is 16.2. The summed E-state index contributed by atoms with van der Waals surface area (Å²) in [6, 6.07) is 4.47. The quantitative estimate of drug-likeness (QED) is 0.372. The van der Waals surface area contributed by atoms with Gasteiger partial charge < -0.3 is 29.7 Å². The Morgan fingerprint density at radius 2 is 1.80 bits per heavy atom. The number of carbonyl (C=O) groups excluding carboxylic acids is 3. The van der Waals surface area contributed by atoms with Crippen molar-refractivity contribution in [1.29, 1.82) is 0 Å². The highest BCUT2D eigenvalue weighted by Crippen LogP contribution is 2.30. The van der Waals surface area contributed by atoms with Crippen molar-refractivity contribution in [3.63, 3.8) is 0 Å². The highest BCUT2D eigenvalue weighted by Gasteiger charge is 2.33. The zero-order chi connectivity index (χ0) is 33.1. The third-order valence-electron chi connectivity index (χ3n) is 8.80. The van der Waals surface area contributed by atoms with Crippen molar-refractivity contribution < 1.29 is 42.1 Å². The number of hydrogen-bond donors (Lipinski definition) is 2. The predicted octanol–water partition coefficient (Wildman–Crippen LogP) is 5.80. The van der Waals surface area contributed by atoms with Gasteiger partial charge in [0.05, 0.1) is 36.8 Å². The first-order valence-corrected chi connectivity index (χ1v) is 16.2. The zero-order valence-electron chi connectivity index (χ0n) is 27.0. The number of ether oxygens (including phenoxy) is 2. The van der Waals surface area contributed by atoms with E-state index in [1.165, 1.54) is 16.8 Å². The molecule has 0 saturated heterocycles. The number of carbonyl (C=O) groups is 3. The lowest BCUT2D eigenvalue weighted by Gasteiger charge is -2.36. The van der Waals surface area contributed by atoms with Gasteiger partial charge in [0.15, 0.2) is 0 Å². The molecule has 0 spiro atoms. The number of rotatable bonds is 8. The number of amides is 3. The Balaban J connectivity index is 1.88. The van der Waals surface area contributed by atoms with Gasteiger partial charge in [0, 0.05) is 50.7 Å². The van der Waals surface area contributed by atoms with Crippen molar-refractivity contribution in [3.05, 3.63) is 23.8 Å². The van der Waals surface area contributed by atoms with Crippen LogP contribution in [0.1, 0.15) is 95.3 Å². The van der Waals surface area contributed by atoms with Crippen LogP contribution in [0.2, 0.25) is 0 Å². The number of nitrogens with zero attached hydrogens (tertiary/aromatic N) is 2. The molecular formula is C33H50F3N3O6. The van der Waals surface area contributed by atoms with Crippen molar-refractivity contribution in [2.24, 2.45) is 11.8 Å². The number of nitrogens with one attached hydrogen (secondary N) is 1. The molecule has 1 aromatic carbocycles. The van der Waals surface area contributed by atoms with E-state index in [1.807, 2.05) is 13.8 Å². The number of likely N-dealkylation sites (N-methyl/N-ethyl adjacent to an activating group) is 1. The summed E-state index contributed by atoms with van der Waals surface area (Å²) < 4.78 is 50.6. The van der Waals surface area contributed by atoms with E-state index in [1.54, 1.807) is 25.1 Å². The smallest absolute Gasteiger partial charge is 0.389 e. The van der Waals surface area contributed by atoms with E-state index in [0.717, 1.165) is 38.5 Å². The number of alkyl halides is 3. The first kappa shape index (κ1) is 36.6. The van der Waals surface area contributed by atoms with Crippen LogP contribution < -0.4 is 10.1 Å². The SMILES string of the molecule is C[C@@H]1CCCCO[C@H](CN(C)C(=O)CCC(F)(F)F)[C@@H](C)CN([C@@H](C)CO)C(=O)c2cc(NC(=O)C3CCCCC3)ccc2O1. The fourth-order valence-corrected chi connectivity index (χ4v) is 5.88. The summed E-state index contributed by atoms with van der Waals surface area (Å²) in [5.74, 6) is -1.14. The molecule has 0 radical (unpaired) electrons. The minimum Gasteiger partial charge on any atom is -0.490 e. The molecular weight excluding hydrogens is 591 g/mol. The number of benzene rings is 1. The van der Waals surface area contributed by atoms with Gasteiger partial charge in [-0.1, -0.05) is 26.2 Å². The molecule has 3 amide bonds. The second-order valence-electron chi connectivity index (χ2n) is 12.7. The molecule has 3 rings (SSSR count). The maximum atomic E-state index is 14.2. The van der Waals surface area contributed by atoms with Crippen LogP contribution in [-0.2, 0) is 14.3 Å². The lowest BCUT2D eigenvalue weighted by atomic mass is 9.88. The third kappa shape index (κ3) is 11.5. The summed E-state index contributed by atoms with van der Waals surface area (Å²) in [5.41, 5.74) is 0.740. The number of aliphatic hydroxyl groups excluding tert-OH is 1. The average Bonchev–Trinajstić information content (AvgIpc) is 3.01. The molecule has 4 atom stereocenters. The van der Waals surface area contributed by atoms with Crippen LogP contribution in [-0.4, -0.2) is 90.4 Å². The number of halogens is 3. The topological polar surface area (TPSA) is 108 Å². The highest BCUT2D eigenvalue weighted by molar-refractivity contribution is 6.00.